The number of aryl methyl sites for hydroxylation is 1. The Morgan fingerprint density at radius 3 is 2.59 bits per heavy atom. The summed E-state index contributed by atoms with van der Waals surface area (Å²) >= 11 is 0. The third-order valence-corrected chi connectivity index (χ3v) is 3.43. The van der Waals surface area contributed by atoms with Crippen molar-refractivity contribution in [2.75, 3.05) is 7.11 Å². The van der Waals surface area contributed by atoms with Gasteiger partial charge in [-0.05, 0) is 36.4 Å². The van der Waals surface area contributed by atoms with Gasteiger partial charge < -0.3 is 9.30 Å². The molecular weight excluding hydrogens is 276 g/mol. The maximum atomic E-state index is 9.04. The zero-order valence-electron chi connectivity index (χ0n) is 12.3. The number of hydrogen-bond acceptors (Lipinski definition) is 4. The molecule has 108 valence electrons. The topological polar surface area (TPSA) is 63.7 Å². The number of imidazole rings is 1. The van der Waals surface area contributed by atoms with E-state index < -0.39 is 0 Å². The summed E-state index contributed by atoms with van der Waals surface area (Å²) in [6.07, 6.45) is 3.37. The van der Waals surface area contributed by atoms with Gasteiger partial charge in [-0.1, -0.05) is 0 Å². The smallest absolute Gasteiger partial charge is 0.118 e. The average molecular weight is 290 g/mol. The Balaban J connectivity index is 2.12. The fraction of sp³-hybridized carbons (Fsp3) is 0.118. The monoisotopic (exact) mass is 290 g/mol. The average Bonchev–Trinajstić information content (AvgIpc) is 2.96. The summed E-state index contributed by atoms with van der Waals surface area (Å²) in [7, 11) is 3.58. The van der Waals surface area contributed by atoms with Crippen molar-refractivity contribution in [2.24, 2.45) is 7.05 Å². The van der Waals surface area contributed by atoms with Crippen LogP contribution in [-0.2, 0) is 7.05 Å². The highest BCUT2D eigenvalue weighted by molar-refractivity contribution is 5.77. The number of aromatic nitrogens is 3. The molecule has 0 unspecified atom stereocenters. The zero-order chi connectivity index (χ0) is 15.5. The van der Waals surface area contributed by atoms with Gasteiger partial charge in [-0.25, -0.2) is 4.98 Å². The molecule has 22 heavy (non-hydrogen) atoms. The predicted octanol–water partition coefficient (Wildman–Crippen LogP) is 3.03. The van der Waals surface area contributed by atoms with Crippen LogP contribution in [-0.4, -0.2) is 21.6 Å². The first-order chi connectivity index (χ1) is 10.7. The number of pyridine rings is 1. The molecule has 5 nitrogen and oxygen atoms in total. The second kappa shape index (κ2) is 5.70. The highest BCUT2D eigenvalue weighted by atomic mass is 16.5. The predicted molar refractivity (Wildman–Crippen MR) is 83.1 cm³/mol. The van der Waals surface area contributed by atoms with Crippen LogP contribution in [0.25, 0.3) is 22.6 Å². The first-order valence-electron chi connectivity index (χ1n) is 6.75. The number of rotatable bonds is 3. The van der Waals surface area contributed by atoms with Crippen molar-refractivity contribution in [3.63, 3.8) is 0 Å². The van der Waals surface area contributed by atoms with Gasteiger partial charge in [-0.2, -0.15) is 5.26 Å². The molecule has 0 bridgehead atoms. The van der Waals surface area contributed by atoms with Gasteiger partial charge in [0.1, 0.15) is 11.4 Å². The fourth-order valence-corrected chi connectivity index (χ4v) is 2.34. The Morgan fingerprint density at radius 1 is 1.14 bits per heavy atom. The molecule has 2 aromatic heterocycles. The van der Waals surface area contributed by atoms with E-state index in [1.807, 2.05) is 35.9 Å². The molecule has 0 N–H and O–H groups in total. The first kappa shape index (κ1) is 13.8. The SMILES string of the molecule is COc1ccc(-c2c(-c3cc(C#N)ccn3)ncn2C)cc1. The molecule has 0 saturated heterocycles. The van der Waals surface area contributed by atoms with E-state index in [1.54, 1.807) is 31.8 Å². The number of methoxy groups -OCH3 is 1. The van der Waals surface area contributed by atoms with Crippen molar-refractivity contribution in [1.82, 2.24) is 14.5 Å². The van der Waals surface area contributed by atoms with Crippen LogP contribution in [0, 0.1) is 11.3 Å². The van der Waals surface area contributed by atoms with Crippen LogP contribution in [0.2, 0.25) is 0 Å². The van der Waals surface area contributed by atoms with E-state index in [0.29, 0.717) is 11.3 Å². The lowest BCUT2D eigenvalue weighted by Crippen LogP contribution is -1.93. The molecule has 3 aromatic rings. The molecule has 3 rings (SSSR count). The third kappa shape index (κ3) is 2.42. The first-order valence-corrected chi connectivity index (χ1v) is 6.75. The number of ether oxygens (including phenoxy) is 1. The van der Waals surface area contributed by atoms with Gasteiger partial charge in [-0.3, -0.25) is 4.98 Å². The molecule has 5 heteroatoms. The Bertz CT molecular complexity index is 844. The largest absolute Gasteiger partial charge is 0.497 e. The normalized spacial score (nSPS) is 10.2. The molecule has 0 atom stereocenters. The summed E-state index contributed by atoms with van der Waals surface area (Å²) in [6, 6.07) is 13.3. The molecule has 0 aliphatic heterocycles. The summed E-state index contributed by atoms with van der Waals surface area (Å²) in [5, 5.41) is 9.04. The highest BCUT2D eigenvalue weighted by Gasteiger charge is 2.14. The Hall–Kier alpha value is -3.13. The maximum Gasteiger partial charge on any atom is 0.118 e. The molecule has 0 radical (unpaired) electrons. The molecule has 0 amide bonds. The molecule has 0 fully saturated rings. The molecule has 2 heterocycles. The van der Waals surface area contributed by atoms with Crippen molar-refractivity contribution in [3.8, 4) is 34.5 Å². The lowest BCUT2D eigenvalue weighted by molar-refractivity contribution is 0.415. The van der Waals surface area contributed by atoms with E-state index in [0.717, 1.165) is 22.7 Å². The Morgan fingerprint density at radius 2 is 1.91 bits per heavy atom. The van der Waals surface area contributed by atoms with Gasteiger partial charge in [0.05, 0.1) is 36.5 Å². The van der Waals surface area contributed by atoms with Crippen LogP contribution < -0.4 is 4.74 Å². The van der Waals surface area contributed by atoms with Gasteiger partial charge in [-0.15, -0.1) is 0 Å². The molecule has 0 spiro atoms. The third-order valence-electron chi connectivity index (χ3n) is 3.43. The highest BCUT2D eigenvalue weighted by Crippen LogP contribution is 2.30. The van der Waals surface area contributed by atoms with Crippen molar-refractivity contribution in [1.29, 1.82) is 5.26 Å². The molecule has 0 aliphatic carbocycles. The molecular formula is C17H14N4O. The van der Waals surface area contributed by atoms with Crippen LogP contribution in [0.15, 0.2) is 48.9 Å². The quantitative estimate of drug-likeness (QED) is 0.743. The van der Waals surface area contributed by atoms with Gasteiger partial charge in [0, 0.05) is 18.8 Å². The van der Waals surface area contributed by atoms with Gasteiger partial charge >= 0.3 is 0 Å². The summed E-state index contributed by atoms with van der Waals surface area (Å²) in [5.41, 5.74) is 3.97. The van der Waals surface area contributed by atoms with Gasteiger partial charge in [0.15, 0.2) is 0 Å². The van der Waals surface area contributed by atoms with E-state index in [4.69, 9.17) is 10.00 Å². The minimum absolute atomic E-state index is 0.566. The fourth-order valence-electron chi connectivity index (χ4n) is 2.34. The summed E-state index contributed by atoms with van der Waals surface area (Å²) in [5.74, 6) is 0.803. The molecule has 0 aliphatic rings. The number of hydrogen-bond donors (Lipinski definition) is 0. The second-order valence-electron chi connectivity index (χ2n) is 4.82. The Kier molecular flexibility index (Phi) is 3.58. The molecule has 1 aromatic carbocycles. The number of nitrogens with zero attached hydrogens (tertiary/aromatic N) is 4. The van der Waals surface area contributed by atoms with Crippen molar-refractivity contribution in [3.05, 3.63) is 54.5 Å². The van der Waals surface area contributed by atoms with Crippen molar-refractivity contribution in [2.45, 2.75) is 0 Å². The van der Waals surface area contributed by atoms with E-state index in [9.17, 15) is 0 Å². The maximum absolute atomic E-state index is 9.04. The van der Waals surface area contributed by atoms with Crippen molar-refractivity contribution >= 4 is 0 Å². The van der Waals surface area contributed by atoms with Crippen LogP contribution >= 0.6 is 0 Å². The van der Waals surface area contributed by atoms with Crippen molar-refractivity contribution < 1.29 is 4.74 Å². The zero-order valence-corrected chi connectivity index (χ0v) is 12.3. The lowest BCUT2D eigenvalue weighted by Gasteiger charge is -2.07. The van der Waals surface area contributed by atoms with Crippen LogP contribution in [0.4, 0.5) is 0 Å². The van der Waals surface area contributed by atoms with Gasteiger partial charge in [0.25, 0.3) is 0 Å². The number of nitriles is 1. The van der Waals surface area contributed by atoms with E-state index in [1.165, 1.54) is 0 Å². The van der Waals surface area contributed by atoms with E-state index in [2.05, 4.69) is 16.0 Å². The standard InChI is InChI=1S/C17H14N4O/c1-21-11-20-16(15-9-12(10-18)7-8-19-15)17(21)13-3-5-14(22-2)6-4-13/h3-9,11H,1-2H3. The summed E-state index contributed by atoms with van der Waals surface area (Å²) < 4.78 is 7.13. The van der Waals surface area contributed by atoms with Gasteiger partial charge in [0.2, 0.25) is 0 Å². The van der Waals surface area contributed by atoms with Crippen LogP contribution in [0.1, 0.15) is 5.56 Å². The van der Waals surface area contributed by atoms with E-state index in [-0.39, 0.29) is 0 Å². The minimum atomic E-state index is 0.566. The Labute approximate surface area is 128 Å². The van der Waals surface area contributed by atoms with E-state index >= 15 is 0 Å². The summed E-state index contributed by atoms with van der Waals surface area (Å²) in [6.45, 7) is 0. The number of benzene rings is 1. The summed E-state index contributed by atoms with van der Waals surface area (Å²) in [4.78, 5) is 8.78. The molecule has 0 saturated carbocycles. The lowest BCUT2D eigenvalue weighted by atomic mass is 10.1. The van der Waals surface area contributed by atoms with Crippen LogP contribution in [0.3, 0.4) is 0 Å². The van der Waals surface area contributed by atoms with Crippen LogP contribution in [0.5, 0.6) is 5.75 Å². The minimum Gasteiger partial charge on any atom is -0.497 e. The second-order valence-corrected chi connectivity index (χ2v) is 4.82.